The normalized spacial score (nSPS) is 15.7. The van der Waals surface area contributed by atoms with E-state index in [0.717, 1.165) is 0 Å². The van der Waals surface area contributed by atoms with E-state index in [1.807, 2.05) is 0 Å². The minimum Gasteiger partial charge on any atom is -0.207 e. The number of rotatable bonds is 5. The molecule has 1 aliphatic carbocycles. The van der Waals surface area contributed by atoms with E-state index in [4.69, 9.17) is 0 Å². The first-order chi connectivity index (χ1) is 11.3. The van der Waals surface area contributed by atoms with E-state index in [0.29, 0.717) is 28.3 Å². The van der Waals surface area contributed by atoms with Crippen LogP contribution in [0.2, 0.25) is 0 Å². The largest absolute Gasteiger partial charge is 0.402 e. The van der Waals surface area contributed by atoms with E-state index < -0.39 is 28.8 Å². The SMILES string of the molecule is O=S(=O)(c1ccccc1-c1ccccc1)N(CC(F)(F)F)C1CC1. The van der Waals surface area contributed by atoms with E-state index in [9.17, 15) is 21.6 Å². The molecule has 2 aromatic carbocycles. The maximum atomic E-state index is 12.9. The summed E-state index contributed by atoms with van der Waals surface area (Å²) in [6.45, 7) is -1.46. The second-order valence-corrected chi connectivity index (χ2v) is 7.62. The Morgan fingerprint density at radius 2 is 1.54 bits per heavy atom. The van der Waals surface area contributed by atoms with E-state index in [1.165, 1.54) is 12.1 Å². The second kappa shape index (κ2) is 6.22. The summed E-state index contributed by atoms with van der Waals surface area (Å²) in [6.07, 6.45) is -3.65. The van der Waals surface area contributed by atoms with Crippen molar-refractivity contribution in [3.05, 3.63) is 54.6 Å². The predicted octanol–water partition coefficient (Wildman–Crippen LogP) is 4.07. The van der Waals surface area contributed by atoms with Crippen LogP contribution in [0.4, 0.5) is 13.2 Å². The fourth-order valence-corrected chi connectivity index (χ4v) is 4.51. The third-order valence-corrected chi connectivity index (χ3v) is 5.80. The van der Waals surface area contributed by atoms with Gasteiger partial charge in [0.2, 0.25) is 10.0 Å². The Labute approximate surface area is 138 Å². The van der Waals surface area contributed by atoms with Crippen LogP contribution in [-0.4, -0.2) is 31.5 Å². The van der Waals surface area contributed by atoms with Crippen molar-refractivity contribution in [1.82, 2.24) is 4.31 Å². The lowest BCUT2D eigenvalue weighted by molar-refractivity contribution is -0.137. The van der Waals surface area contributed by atoms with Gasteiger partial charge in [-0.15, -0.1) is 0 Å². The Morgan fingerprint density at radius 1 is 0.958 bits per heavy atom. The first kappa shape index (κ1) is 17.0. The van der Waals surface area contributed by atoms with E-state index >= 15 is 0 Å². The molecule has 0 N–H and O–H groups in total. The van der Waals surface area contributed by atoms with Crippen LogP contribution in [0.3, 0.4) is 0 Å². The predicted molar refractivity (Wildman–Crippen MR) is 84.8 cm³/mol. The molecular formula is C17H16F3NO2S. The van der Waals surface area contributed by atoms with Gasteiger partial charge < -0.3 is 0 Å². The minimum absolute atomic E-state index is 0.0904. The van der Waals surface area contributed by atoms with Crippen molar-refractivity contribution in [2.24, 2.45) is 0 Å². The van der Waals surface area contributed by atoms with Gasteiger partial charge in [-0.25, -0.2) is 8.42 Å². The van der Waals surface area contributed by atoms with Gasteiger partial charge in [-0.2, -0.15) is 17.5 Å². The van der Waals surface area contributed by atoms with Crippen LogP contribution in [0, 0.1) is 0 Å². The molecule has 1 aliphatic rings. The molecule has 7 heteroatoms. The van der Waals surface area contributed by atoms with Gasteiger partial charge in [-0.3, -0.25) is 0 Å². The third kappa shape index (κ3) is 3.62. The van der Waals surface area contributed by atoms with E-state index in [2.05, 4.69) is 0 Å². The summed E-state index contributed by atoms with van der Waals surface area (Å²) >= 11 is 0. The summed E-state index contributed by atoms with van der Waals surface area (Å²) in [6, 6.07) is 14.4. The molecule has 24 heavy (non-hydrogen) atoms. The maximum Gasteiger partial charge on any atom is 0.402 e. The van der Waals surface area contributed by atoms with Gasteiger partial charge in [0, 0.05) is 11.6 Å². The molecule has 1 saturated carbocycles. The highest BCUT2D eigenvalue weighted by Gasteiger charge is 2.45. The molecule has 2 aromatic rings. The summed E-state index contributed by atoms with van der Waals surface area (Å²) in [4.78, 5) is -0.0904. The zero-order chi connectivity index (χ0) is 17.4. The number of hydrogen-bond acceptors (Lipinski definition) is 2. The zero-order valence-corrected chi connectivity index (χ0v) is 13.5. The zero-order valence-electron chi connectivity index (χ0n) is 12.7. The molecule has 0 saturated heterocycles. The van der Waals surface area contributed by atoms with E-state index in [1.54, 1.807) is 42.5 Å². The number of benzene rings is 2. The molecule has 0 bridgehead atoms. The van der Waals surface area contributed by atoms with Gasteiger partial charge >= 0.3 is 6.18 Å². The highest BCUT2D eigenvalue weighted by Crippen LogP contribution is 2.37. The third-order valence-electron chi connectivity index (χ3n) is 3.85. The number of alkyl halides is 3. The smallest absolute Gasteiger partial charge is 0.207 e. The molecular weight excluding hydrogens is 339 g/mol. The molecule has 3 rings (SSSR count). The average molecular weight is 355 g/mol. The molecule has 1 fully saturated rings. The summed E-state index contributed by atoms with van der Waals surface area (Å²) in [5, 5.41) is 0. The molecule has 0 atom stereocenters. The van der Waals surface area contributed by atoms with Crippen molar-refractivity contribution < 1.29 is 21.6 Å². The average Bonchev–Trinajstić information content (AvgIpc) is 3.37. The monoisotopic (exact) mass is 355 g/mol. The highest BCUT2D eigenvalue weighted by atomic mass is 32.2. The van der Waals surface area contributed by atoms with Crippen LogP contribution in [0.15, 0.2) is 59.5 Å². The quantitative estimate of drug-likeness (QED) is 0.811. The second-order valence-electron chi connectivity index (χ2n) is 5.76. The Balaban J connectivity index is 2.07. The van der Waals surface area contributed by atoms with Gasteiger partial charge in [-0.05, 0) is 24.5 Å². The first-order valence-corrected chi connectivity index (χ1v) is 8.96. The Kier molecular flexibility index (Phi) is 4.40. The lowest BCUT2D eigenvalue weighted by atomic mass is 10.1. The van der Waals surface area contributed by atoms with Gasteiger partial charge in [-0.1, -0.05) is 48.5 Å². The van der Waals surface area contributed by atoms with Crippen LogP contribution >= 0.6 is 0 Å². The van der Waals surface area contributed by atoms with Gasteiger partial charge in [0.05, 0.1) is 4.90 Å². The van der Waals surface area contributed by atoms with E-state index in [-0.39, 0.29) is 4.90 Å². The van der Waals surface area contributed by atoms with Crippen molar-refractivity contribution >= 4 is 10.0 Å². The molecule has 0 unspecified atom stereocenters. The summed E-state index contributed by atoms with van der Waals surface area (Å²) in [7, 11) is -4.24. The van der Waals surface area contributed by atoms with Crippen LogP contribution in [-0.2, 0) is 10.0 Å². The molecule has 0 aromatic heterocycles. The van der Waals surface area contributed by atoms with Gasteiger partial charge in [0.25, 0.3) is 0 Å². The molecule has 0 radical (unpaired) electrons. The number of nitrogens with zero attached hydrogens (tertiary/aromatic N) is 1. The number of halogens is 3. The van der Waals surface area contributed by atoms with Crippen LogP contribution in [0.25, 0.3) is 11.1 Å². The van der Waals surface area contributed by atoms with Crippen molar-refractivity contribution in [2.75, 3.05) is 6.54 Å². The van der Waals surface area contributed by atoms with Crippen molar-refractivity contribution in [2.45, 2.75) is 30.0 Å². The summed E-state index contributed by atoms with van der Waals surface area (Å²) in [5.41, 5.74) is 1.06. The minimum atomic E-state index is -4.57. The Morgan fingerprint density at radius 3 is 2.12 bits per heavy atom. The van der Waals surface area contributed by atoms with Gasteiger partial charge in [0.1, 0.15) is 6.54 Å². The van der Waals surface area contributed by atoms with Crippen LogP contribution in [0.1, 0.15) is 12.8 Å². The Hall–Kier alpha value is -1.86. The lowest BCUT2D eigenvalue weighted by Gasteiger charge is -2.24. The number of hydrogen-bond donors (Lipinski definition) is 0. The van der Waals surface area contributed by atoms with Crippen molar-refractivity contribution in [3.63, 3.8) is 0 Å². The Bertz CT molecular complexity index is 815. The van der Waals surface area contributed by atoms with Gasteiger partial charge in [0.15, 0.2) is 0 Å². The molecule has 0 aliphatic heterocycles. The molecule has 0 spiro atoms. The van der Waals surface area contributed by atoms with Crippen LogP contribution < -0.4 is 0 Å². The first-order valence-electron chi connectivity index (χ1n) is 7.52. The fourth-order valence-electron chi connectivity index (χ4n) is 2.62. The maximum absolute atomic E-state index is 12.9. The standard InChI is InChI=1S/C17H16F3NO2S/c18-17(19,20)12-21(14-10-11-14)24(22,23)16-9-5-4-8-15(16)13-6-2-1-3-7-13/h1-9,14H,10-12H2. The van der Waals surface area contributed by atoms with Crippen LogP contribution in [0.5, 0.6) is 0 Å². The topological polar surface area (TPSA) is 37.4 Å². The van der Waals surface area contributed by atoms with Crippen molar-refractivity contribution in [3.8, 4) is 11.1 Å². The molecule has 0 amide bonds. The van der Waals surface area contributed by atoms with Crippen molar-refractivity contribution in [1.29, 1.82) is 0 Å². The lowest BCUT2D eigenvalue weighted by Crippen LogP contribution is -2.40. The molecule has 0 heterocycles. The summed E-state index contributed by atoms with van der Waals surface area (Å²) in [5.74, 6) is 0. The molecule has 3 nitrogen and oxygen atoms in total. The molecule has 128 valence electrons. The summed E-state index contributed by atoms with van der Waals surface area (Å²) < 4.78 is 65.0. The number of sulfonamides is 1. The highest BCUT2D eigenvalue weighted by molar-refractivity contribution is 7.89. The fraction of sp³-hybridized carbons (Fsp3) is 0.294.